The fourth-order valence-electron chi connectivity index (χ4n) is 9.15. The second kappa shape index (κ2) is 15.0. The smallest absolute Gasteiger partial charge is 0.0620 e. The van der Waals surface area contributed by atoms with Crippen LogP contribution in [0.5, 0.6) is 0 Å². The second-order valence-electron chi connectivity index (χ2n) is 17.0. The van der Waals surface area contributed by atoms with Crippen LogP contribution in [0.25, 0.3) is 21.5 Å². The molecular formula is C54H58N2. The maximum atomic E-state index is 2.59. The number of rotatable bonds is 7. The van der Waals surface area contributed by atoms with Crippen molar-refractivity contribution in [2.24, 2.45) is 0 Å². The third-order valence-electron chi connectivity index (χ3n) is 13.4. The topological polar surface area (TPSA) is 6.48 Å². The van der Waals surface area contributed by atoms with Crippen LogP contribution in [0.2, 0.25) is 0 Å². The van der Waals surface area contributed by atoms with Crippen molar-refractivity contribution in [3.8, 4) is 0 Å². The summed E-state index contributed by atoms with van der Waals surface area (Å²) in [5.74, 6) is 0.577. The lowest BCUT2D eigenvalue weighted by Gasteiger charge is -2.34. The van der Waals surface area contributed by atoms with Gasteiger partial charge in [-0.05, 0) is 204 Å². The van der Waals surface area contributed by atoms with Crippen LogP contribution in [0, 0.1) is 69.2 Å². The maximum Gasteiger partial charge on any atom is 0.0620 e. The van der Waals surface area contributed by atoms with Crippen molar-refractivity contribution in [2.45, 2.75) is 107 Å². The minimum Gasteiger partial charge on any atom is -0.309 e. The molecule has 8 rings (SSSR count). The summed E-state index contributed by atoms with van der Waals surface area (Å²) >= 11 is 0. The van der Waals surface area contributed by atoms with Gasteiger partial charge in [-0.1, -0.05) is 67.8 Å². The van der Waals surface area contributed by atoms with Gasteiger partial charge in [-0.3, -0.25) is 0 Å². The van der Waals surface area contributed by atoms with Gasteiger partial charge in [0.15, 0.2) is 0 Å². The average Bonchev–Trinajstić information content (AvgIpc) is 3.19. The molecule has 0 atom stereocenters. The Bertz CT molecular complexity index is 2590. The van der Waals surface area contributed by atoms with Crippen molar-refractivity contribution < 1.29 is 0 Å². The van der Waals surface area contributed by atoms with E-state index >= 15 is 0 Å². The van der Waals surface area contributed by atoms with Crippen molar-refractivity contribution in [1.82, 2.24) is 0 Å². The molecule has 0 spiro atoms. The van der Waals surface area contributed by atoms with Crippen LogP contribution in [0.3, 0.4) is 0 Å². The van der Waals surface area contributed by atoms with E-state index in [4.69, 9.17) is 0 Å². The number of fused-ring (bicyclic) bond motifs is 2. The van der Waals surface area contributed by atoms with E-state index in [0.29, 0.717) is 5.92 Å². The van der Waals surface area contributed by atoms with E-state index in [1.54, 1.807) is 0 Å². The first-order chi connectivity index (χ1) is 26.9. The van der Waals surface area contributed by atoms with Crippen LogP contribution in [0.1, 0.15) is 99.2 Å². The standard InChI is InChI=1S/C54H58N2/c1-33-20-23-45(26-35(33)3)55(47-28-37(5)41(9)38(6)29-47)53-49-18-14-15-19-50(49)54(52-32-44(22-25-51(52)53)43-16-12-11-13-17-43)56(46-24-21-34(2)36(4)27-46)48-30-39(7)42(10)40(8)31-48/h14-15,18-32,43H,11-13,16-17H2,1-10H3. The number of hydrogen-bond acceptors (Lipinski definition) is 2. The Morgan fingerprint density at radius 1 is 0.357 bits per heavy atom. The molecule has 0 aliphatic heterocycles. The van der Waals surface area contributed by atoms with Crippen LogP contribution in [0.15, 0.2) is 103 Å². The summed E-state index contributed by atoms with van der Waals surface area (Å²) in [6, 6.07) is 40.3. The van der Waals surface area contributed by atoms with E-state index in [1.807, 2.05) is 0 Å². The number of nitrogens with zero attached hydrogens (tertiary/aromatic N) is 2. The van der Waals surface area contributed by atoms with Gasteiger partial charge in [0.05, 0.1) is 11.4 Å². The van der Waals surface area contributed by atoms with Gasteiger partial charge in [-0.2, -0.15) is 0 Å². The summed E-state index contributed by atoms with van der Waals surface area (Å²) in [6.07, 6.45) is 6.48. The molecule has 0 amide bonds. The molecule has 0 saturated heterocycles. The van der Waals surface area contributed by atoms with Crippen molar-refractivity contribution >= 4 is 55.7 Å². The Morgan fingerprint density at radius 2 is 0.768 bits per heavy atom. The molecule has 1 saturated carbocycles. The van der Waals surface area contributed by atoms with Gasteiger partial charge in [0.1, 0.15) is 0 Å². The van der Waals surface area contributed by atoms with Crippen molar-refractivity contribution in [2.75, 3.05) is 9.80 Å². The van der Waals surface area contributed by atoms with E-state index in [0.717, 1.165) is 0 Å². The molecule has 2 nitrogen and oxygen atoms in total. The molecule has 7 aromatic rings. The highest BCUT2D eigenvalue weighted by molar-refractivity contribution is 6.23. The van der Waals surface area contributed by atoms with Gasteiger partial charge in [0.25, 0.3) is 0 Å². The van der Waals surface area contributed by atoms with E-state index < -0.39 is 0 Å². The Kier molecular flexibility index (Phi) is 10.0. The highest BCUT2D eigenvalue weighted by Gasteiger charge is 2.28. The van der Waals surface area contributed by atoms with Gasteiger partial charge in [-0.25, -0.2) is 0 Å². The summed E-state index contributed by atoms with van der Waals surface area (Å²) < 4.78 is 0. The minimum atomic E-state index is 0.577. The summed E-state index contributed by atoms with van der Waals surface area (Å²) in [5, 5.41) is 5.05. The minimum absolute atomic E-state index is 0.577. The van der Waals surface area contributed by atoms with Crippen LogP contribution in [0.4, 0.5) is 34.1 Å². The predicted octanol–water partition coefficient (Wildman–Crippen LogP) is 16.1. The molecule has 1 aliphatic rings. The van der Waals surface area contributed by atoms with Crippen LogP contribution in [-0.4, -0.2) is 0 Å². The lowest BCUT2D eigenvalue weighted by Crippen LogP contribution is -2.16. The molecule has 0 radical (unpaired) electrons. The second-order valence-corrected chi connectivity index (χ2v) is 17.0. The number of anilines is 6. The van der Waals surface area contributed by atoms with E-state index in [9.17, 15) is 0 Å². The molecule has 56 heavy (non-hydrogen) atoms. The van der Waals surface area contributed by atoms with Crippen LogP contribution < -0.4 is 9.80 Å². The molecule has 284 valence electrons. The lowest BCUT2D eigenvalue weighted by molar-refractivity contribution is 0.444. The zero-order valence-corrected chi connectivity index (χ0v) is 35.3. The fourth-order valence-corrected chi connectivity index (χ4v) is 9.15. The van der Waals surface area contributed by atoms with Crippen molar-refractivity contribution in [3.05, 3.63) is 164 Å². The summed E-state index contributed by atoms with van der Waals surface area (Å²) in [6.45, 7) is 22.5. The zero-order valence-electron chi connectivity index (χ0n) is 35.3. The average molecular weight is 735 g/mol. The molecular weight excluding hydrogens is 677 g/mol. The number of benzene rings is 7. The molecule has 2 heteroatoms. The molecule has 0 N–H and O–H groups in total. The fraction of sp³-hybridized carbons (Fsp3) is 0.296. The number of aryl methyl sites for hydroxylation is 8. The lowest BCUT2D eigenvalue weighted by atomic mass is 9.82. The van der Waals surface area contributed by atoms with Crippen molar-refractivity contribution in [1.29, 1.82) is 0 Å². The number of hydrogen-bond donors (Lipinski definition) is 0. The van der Waals surface area contributed by atoms with Gasteiger partial charge >= 0.3 is 0 Å². The van der Waals surface area contributed by atoms with E-state index in [1.165, 1.54) is 149 Å². The molecule has 0 unspecified atom stereocenters. The largest absolute Gasteiger partial charge is 0.309 e. The van der Waals surface area contributed by atoms with Gasteiger partial charge < -0.3 is 9.80 Å². The quantitative estimate of drug-likeness (QED) is 0.119. The molecule has 7 aromatic carbocycles. The zero-order chi connectivity index (χ0) is 39.4. The summed E-state index contributed by atoms with van der Waals surface area (Å²) in [7, 11) is 0. The molecule has 1 fully saturated rings. The molecule has 1 aliphatic carbocycles. The Morgan fingerprint density at radius 3 is 1.21 bits per heavy atom. The normalized spacial score (nSPS) is 13.5. The van der Waals surface area contributed by atoms with Crippen molar-refractivity contribution in [3.63, 3.8) is 0 Å². The van der Waals surface area contributed by atoms with Crippen LogP contribution in [-0.2, 0) is 0 Å². The maximum absolute atomic E-state index is 2.59. The third kappa shape index (κ3) is 6.68. The molecule has 0 aromatic heterocycles. The first-order valence-electron chi connectivity index (χ1n) is 20.8. The Hall–Kier alpha value is -5.34. The summed E-state index contributed by atoms with van der Waals surface area (Å²) in [4.78, 5) is 5.13. The Balaban J connectivity index is 1.55. The van der Waals surface area contributed by atoms with Gasteiger partial charge in [0, 0.05) is 44.3 Å². The highest BCUT2D eigenvalue weighted by Crippen LogP contribution is 2.52. The van der Waals surface area contributed by atoms with E-state index in [2.05, 4.69) is 182 Å². The van der Waals surface area contributed by atoms with Gasteiger partial charge in [0.2, 0.25) is 0 Å². The molecule has 0 heterocycles. The Labute approximate surface area is 335 Å². The van der Waals surface area contributed by atoms with Gasteiger partial charge in [-0.15, -0.1) is 0 Å². The first kappa shape index (κ1) is 37.6. The SMILES string of the molecule is Cc1ccc(N(c2cc(C)c(C)c(C)c2)c2c3ccccc3c(N(c3ccc(C)c(C)c3)c3cc(C)c(C)c(C)c3)c3cc(C4CCCCC4)ccc23)cc1C. The van der Waals surface area contributed by atoms with E-state index in [-0.39, 0.29) is 0 Å². The molecule has 0 bridgehead atoms. The predicted molar refractivity (Wildman–Crippen MR) is 244 cm³/mol. The third-order valence-corrected chi connectivity index (χ3v) is 13.4. The monoisotopic (exact) mass is 734 g/mol. The summed E-state index contributed by atoms with van der Waals surface area (Å²) in [5.41, 5.74) is 21.9. The van der Waals surface area contributed by atoms with Crippen LogP contribution >= 0.6 is 0 Å². The highest BCUT2D eigenvalue weighted by atomic mass is 15.2. The first-order valence-corrected chi connectivity index (χ1v) is 20.8.